The van der Waals surface area contributed by atoms with Crippen LogP contribution >= 0.6 is 11.8 Å². The first-order chi connectivity index (χ1) is 16.5. The Kier molecular flexibility index (Phi) is 5.03. The van der Waals surface area contributed by atoms with Crippen LogP contribution < -0.4 is 10.4 Å². The summed E-state index contributed by atoms with van der Waals surface area (Å²) in [7, 11) is 0. The molecule has 1 amide bonds. The van der Waals surface area contributed by atoms with Crippen molar-refractivity contribution in [3.8, 4) is 5.75 Å². The number of rotatable bonds is 1. The van der Waals surface area contributed by atoms with E-state index in [1.165, 1.54) is 34.8 Å². The summed E-state index contributed by atoms with van der Waals surface area (Å²) in [6.45, 7) is 0.736. The average Bonchev–Trinajstić information content (AvgIpc) is 2.99. The second kappa shape index (κ2) is 7.99. The molecule has 7 nitrogen and oxygen atoms in total. The molecule has 6 rings (SSSR count). The van der Waals surface area contributed by atoms with Crippen molar-refractivity contribution in [3.63, 3.8) is 0 Å². The van der Waals surface area contributed by atoms with Crippen LogP contribution in [0, 0.1) is 11.6 Å². The predicted octanol–water partition coefficient (Wildman–Crippen LogP) is 3.17. The van der Waals surface area contributed by atoms with Gasteiger partial charge in [-0.15, -0.1) is 11.8 Å². The van der Waals surface area contributed by atoms with Crippen molar-refractivity contribution in [2.24, 2.45) is 0 Å². The van der Waals surface area contributed by atoms with Gasteiger partial charge >= 0.3 is 0 Å². The highest BCUT2D eigenvalue weighted by molar-refractivity contribution is 8.02. The monoisotopic (exact) mass is 485 g/mol. The van der Waals surface area contributed by atoms with Crippen LogP contribution in [0.3, 0.4) is 0 Å². The maximum absolute atomic E-state index is 15.1. The van der Waals surface area contributed by atoms with Crippen molar-refractivity contribution < 1.29 is 23.4 Å². The molecule has 1 aromatic heterocycles. The van der Waals surface area contributed by atoms with Crippen LogP contribution in [0.15, 0.2) is 51.8 Å². The lowest BCUT2D eigenvalue weighted by Gasteiger charge is -2.51. The summed E-state index contributed by atoms with van der Waals surface area (Å²) in [5, 5.41) is 12.4. The number of amides is 1. The number of halogens is 2. The zero-order chi connectivity index (χ0) is 23.6. The van der Waals surface area contributed by atoms with Gasteiger partial charge < -0.3 is 14.7 Å². The molecule has 1 saturated heterocycles. The van der Waals surface area contributed by atoms with Gasteiger partial charge in [-0.05, 0) is 34.9 Å². The van der Waals surface area contributed by atoms with Crippen LogP contribution in [0.2, 0.25) is 0 Å². The van der Waals surface area contributed by atoms with Crippen molar-refractivity contribution in [2.75, 3.05) is 24.8 Å². The first kappa shape index (κ1) is 21.4. The fraction of sp³-hybridized carbons (Fsp3) is 0.333. The quantitative estimate of drug-likeness (QED) is 0.669. The Morgan fingerprint density at radius 3 is 2.91 bits per heavy atom. The zero-order valence-corrected chi connectivity index (χ0v) is 18.9. The van der Waals surface area contributed by atoms with Crippen molar-refractivity contribution in [1.29, 1.82) is 0 Å². The number of aromatic hydroxyl groups is 1. The number of allylic oxidation sites excluding steroid dienone is 2. The minimum Gasteiger partial charge on any atom is -0.502 e. The summed E-state index contributed by atoms with van der Waals surface area (Å²) in [6, 6.07) is 2.74. The summed E-state index contributed by atoms with van der Waals surface area (Å²) in [5.41, 5.74) is 0.890. The molecule has 0 spiro atoms. The molecule has 0 radical (unpaired) electrons. The molecular formula is C24H21F2N3O4S. The molecule has 2 aromatic rings. The minimum absolute atomic E-state index is 0.164. The van der Waals surface area contributed by atoms with Gasteiger partial charge in [-0.25, -0.2) is 8.78 Å². The second-order valence-corrected chi connectivity index (χ2v) is 9.69. The smallest absolute Gasteiger partial charge is 0.278 e. The van der Waals surface area contributed by atoms with Gasteiger partial charge in [0.05, 0.1) is 19.3 Å². The van der Waals surface area contributed by atoms with Crippen molar-refractivity contribution in [1.82, 2.24) is 9.58 Å². The van der Waals surface area contributed by atoms with Crippen LogP contribution in [0.4, 0.5) is 8.78 Å². The van der Waals surface area contributed by atoms with Gasteiger partial charge in [0, 0.05) is 36.2 Å². The molecule has 0 bridgehead atoms. The molecule has 34 heavy (non-hydrogen) atoms. The summed E-state index contributed by atoms with van der Waals surface area (Å²) in [4.78, 5) is 28.2. The Hall–Kier alpha value is -3.11. The van der Waals surface area contributed by atoms with Crippen LogP contribution in [-0.4, -0.2) is 46.5 Å². The van der Waals surface area contributed by atoms with Crippen molar-refractivity contribution >= 4 is 17.7 Å². The number of hydrogen-bond acceptors (Lipinski definition) is 6. The Bertz CT molecular complexity index is 1340. The van der Waals surface area contributed by atoms with Gasteiger partial charge in [-0.2, -0.15) is 0 Å². The second-order valence-electron chi connectivity index (χ2n) is 8.62. The highest BCUT2D eigenvalue weighted by Gasteiger charge is 2.46. The van der Waals surface area contributed by atoms with E-state index in [0.29, 0.717) is 23.5 Å². The number of aromatic nitrogens is 1. The van der Waals surface area contributed by atoms with Crippen LogP contribution in [0.5, 0.6) is 5.75 Å². The largest absolute Gasteiger partial charge is 0.502 e. The number of carbonyl (C=O) groups excluding carboxylic acids is 1. The van der Waals surface area contributed by atoms with E-state index in [2.05, 4.69) is 0 Å². The Labute approximate surface area is 197 Å². The highest BCUT2D eigenvalue weighted by Crippen LogP contribution is 2.47. The zero-order valence-electron chi connectivity index (χ0n) is 18.0. The molecule has 2 atom stereocenters. The third-order valence-electron chi connectivity index (χ3n) is 6.77. The highest BCUT2D eigenvalue weighted by atomic mass is 32.2. The molecule has 4 aliphatic rings. The number of thioether (sulfide) groups is 1. The number of pyridine rings is 1. The average molecular weight is 486 g/mol. The van der Waals surface area contributed by atoms with Gasteiger partial charge in [0.15, 0.2) is 11.4 Å². The Morgan fingerprint density at radius 1 is 1.21 bits per heavy atom. The molecule has 0 saturated carbocycles. The molecule has 1 fully saturated rings. The van der Waals surface area contributed by atoms with Gasteiger partial charge in [0.25, 0.3) is 5.91 Å². The van der Waals surface area contributed by atoms with E-state index in [-0.39, 0.29) is 18.8 Å². The summed E-state index contributed by atoms with van der Waals surface area (Å²) in [5.74, 6) is -2.09. The molecule has 10 heteroatoms. The van der Waals surface area contributed by atoms with Gasteiger partial charge in [0.1, 0.15) is 17.8 Å². The Morgan fingerprint density at radius 2 is 2.06 bits per heavy atom. The van der Waals surface area contributed by atoms with Crippen LogP contribution in [0.25, 0.3) is 0 Å². The summed E-state index contributed by atoms with van der Waals surface area (Å²) in [6.07, 6.45) is 6.44. The first-order valence-corrected chi connectivity index (χ1v) is 12.1. The number of nitrogens with zero attached hydrogens (tertiary/aromatic N) is 3. The molecule has 4 heterocycles. The van der Waals surface area contributed by atoms with E-state index in [4.69, 9.17) is 4.74 Å². The molecule has 1 N–H and O–H groups in total. The predicted molar refractivity (Wildman–Crippen MR) is 122 cm³/mol. The van der Waals surface area contributed by atoms with Crippen molar-refractivity contribution in [3.05, 3.63) is 85.7 Å². The van der Waals surface area contributed by atoms with Crippen LogP contribution in [0.1, 0.15) is 40.5 Å². The van der Waals surface area contributed by atoms with E-state index < -0.39 is 40.9 Å². The fourth-order valence-electron chi connectivity index (χ4n) is 5.22. The lowest BCUT2D eigenvalue weighted by Crippen LogP contribution is -2.66. The maximum atomic E-state index is 15.1. The standard InChI is InChI=1S/C24H21F2N3O4S/c25-13-9-15-16(17(26)10-13)12-34-19-4-2-1-3-14(19)21(15)29-20-11-33-8-7-27(20)24(32)22-23(31)18(30)5-6-28(22)29/h1,3,5-6,9-10,20-21,31H,2,4,7-8,11-12H2/t20?,21-/m1/s1. The molecule has 176 valence electrons. The van der Waals surface area contributed by atoms with E-state index in [1.807, 2.05) is 17.2 Å². The number of ether oxygens (including phenoxy) is 1. The number of hydrogen-bond donors (Lipinski definition) is 1. The third kappa shape index (κ3) is 3.12. The SMILES string of the molecule is O=C1c2c(O)c(=O)ccn2N([C@@H]2C3=C(CCC=C3)SCc3c(F)cc(F)cc32)C2COCCN12. The fourth-order valence-corrected chi connectivity index (χ4v) is 6.46. The lowest BCUT2D eigenvalue weighted by atomic mass is 9.90. The van der Waals surface area contributed by atoms with E-state index in [9.17, 15) is 19.1 Å². The number of fused-ring (bicyclic) bond motifs is 3. The first-order valence-electron chi connectivity index (χ1n) is 11.1. The Balaban J connectivity index is 1.66. The molecule has 1 aliphatic carbocycles. The molecule has 3 aliphatic heterocycles. The number of morpholine rings is 1. The van der Waals surface area contributed by atoms with Gasteiger partial charge in [-0.3, -0.25) is 19.3 Å². The summed E-state index contributed by atoms with van der Waals surface area (Å²) >= 11 is 1.53. The van der Waals surface area contributed by atoms with Gasteiger partial charge in [-0.1, -0.05) is 12.2 Å². The number of carbonyl (C=O) groups is 1. The molecular weight excluding hydrogens is 464 g/mol. The van der Waals surface area contributed by atoms with Crippen LogP contribution in [-0.2, 0) is 10.5 Å². The molecule has 1 aromatic carbocycles. The number of benzene rings is 1. The third-order valence-corrected chi connectivity index (χ3v) is 7.99. The normalized spacial score (nSPS) is 23.8. The molecule has 1 unspecified atom stereocenters. The van der Waals surface area contributed by atoms with E-state index >= 15 is 4.39 Å². The van der Waals surface area contributed by atoms with E-state index in [0.717, 1.165) is 29.4 Å². The summed E-state index contributed by atoms with van der Waals surface area (Å²) < 4.78 is 36.8. The lowest BCUT2D eigenvalue weighted by molar-refractivity contribution is -0.0197. The minimum atomic E-state index is -0.692. The van der Waals surface area contributed by atoms with Crippen molar-refractivity contribution in [2.45, 2.75) is 30.8 Å². The maximum Gasteiger partial charge on any atom is 0.278 e. The van der Waals surface area contributed by atoms with E-state index in [1.54, 1.807) is 4.90 Å². The topological polar surface area (TPSA) is 75.0 Å². The van der Waals surface area contributed by atoms with Gasteiger partial charge in [0.2, 0.25) is 5.43 Å².